The Bertz CT molecular complexity index is 1210. The lowest BCUT2D eigenvalue weighted by atomic mass is 10.0. The van der Waals surface area contributed by atoms with Crippen LogP contribution in [-0.2, 0) is 11.3 Å². The largest absolute Gasteiger partial charge is 0.497 e. The van der Waals surface area contributed by atoms with E-state index in [-0.39, 0.29) is 0 Å². The van der Waals surface area contributed by atoms with E-state index in [2.05, 4.69) is 5.32 Å². The molecule has 0 saturated heterocycles. The first-order valence-corrected chi connectivity index (χ1v) is 9.69. The monoisotopic (exact) mass is 398 g/mol. The van der Waals surface area contributed by atoms with Gasteiger partial charge >= 0.3 is 0 Å². The van der Waals surface area contributed by atoms with Gasteiger partial charge in [0.05, 0.1) is 7.11 Å². The van der Waals surface area contributed by atoms with Crippen LogP contribution in [0.1, 0.15) is 21.6 Å². The predicted molar refractivity (Wildman–Crippen MR) is 117 cm³/mol. The topological polar surface area (TPSA) is 59.8 Å². The highest BCUT2D eigenvalue weighted by atomic mass is 16.5. The van der Waals surface area contributed by atoms with Gasteiger partial charge < -0.3 is 14.5 Å². The second kappa shape index (κ2) is 8.25. The number of nitrogens with one attached hydrogen (secondary N) is 1. The van der Waals surface area contributed by atoms with Gasteiger partial charge in [-0.3, -0.25) is 9.59 Å². The molecule has 2 aromatic heterocycles. The van der Waals surface area contributed by atoms with Gasteiger partial charge in [-0.1, -0.05) is 48.0 Å². The number of benzene rings is 2. The number of ketones is 1. The Kier molecular flexibility index (Phi) is 5.35. The number of aromatic nitrogens is 1. The van der Waals surface area contributed by atoms with Crippen molar-refractivity contribution in [3.05, 3.63) is 95.8 Å². The molecule has 0 radical (unpaired) electrons. The van der Waals surface area contributed by atoms with Crippen LogP contribution in [0.5, 0.6) is 5.75 Å². The van der Waals surface area contributed by atoms with Crippen molar-refractivity contribution in [3.63, 3.8) is 0 Å². The molecule has 2 heterocycles. The third-order valence-electron chi connectivity index (χ3n) is 5.08. The minimum absolute atomic E-state index is 0.298. The Hall–Kier alpha value is -3.86. The van der Waals surface area contributed by atoms with Crippen LogP contribution in [-0.4, -0.2) is 23.2 Å². The number of rotatable bonds is 6. The van der Waals surface area contributed by atoms with Crippen LogP contribution in [0, 0.1) is 6.92 Å². The Labute approximate surface area is 174 Å². The van der Waals surface area contributed by atoms with Crippen LogP contribution >= 0.6 is 0 Å². The van der Waals surface area contributed by atoms with Crippen LogP contribution < -0.4 is 10.1 Å². The van der Waals surface area contributed by atoms with E-state index in [1.807, 2.05) is 79.7 Å². The van der Waals surface area contributed by atoms with Crippen molar-refractivity contribution in [2.45, 2.75) is 13.5 Å². The van der Waals surface area contributed by atoms with Crippen molar-refractivity contribution in [3.8, 4) is 16.9 Å². The number of hydrogen-bond donors (Lipinski definition) is 1. The molecule has 150 valence electrons. The lowest BCUT2D eigenvalue weighted by Gasteiger charge is -2.08. The van der Waals surface area contributed by atoms with E-state index in [0.717, 1.165) is 28.0 Å². The summed E-state index contributed by atoms with van der Waals surface area (Å²) in [5.74, 6) is -0.473. The zero-order chi connectivity index (χ0) is 21.1. The zero-order valence-electron chi connectivity index (χ0n) is 16.9. The smallest absolute Gasteiger partial charge is 0.294 e. The molecule has 0 bridgehead atoms. The number of methoxy groups -OCH3 is 1. The lowest BCUT2D eigenvalue weighted by molar-refractivity contribution is -0.117. The number of fused-ring (bicyclic) bond motifs is 1. The second-order valence-electron chi connectivity index (χ2n) is 7.13. The van der Waals surface area contributed by atoms with Crippen molar-refractivity contribution in [2.75, 3.05) is 7.11 Å². The molecule has 4 rings (SSSR count). The maximum Gasteiger partial charge on any atom is 0.294 e. The maximum absolute atomic E-state index is 13.2. The van der Waals surface area contributed by atoms with Crippen molar-refractivity contribution in [2.24, 2.45) is 0 Å². The van der Waals surface area contributed by atoms with Crippen molar-refractivity contribution >= 4 is 17.2 Å². The van der Waals surface area contributed by atoms with Gasteiger partial charge in [-0.15, -0.1) is 0 Å². The highest BCUT2D eigenvalue weighted by Crippen LogP contribution is 2.29. The third-order valence-corrected chi connectivity index (χ3v) is 5.08. The molecule has 2 aromatic carbocycles. The lowest BCUT2D eigenvalue weighted by Crippen LogP contribution is -2.31. The summed E-state index contributed by atoms with van der Waals surface area (Å²) >= 11 is 0. The van der Waals surface area contributed by atoms with Crippen molar-refractivity contribution in [1.29, 1.82) is 0 Å². The first-order valence-electron chi connectivity index (χ1n) is 9.69. The average molecular weight is 398 g/mol. The maximum atomic E-state index is 13.2. The number of carbonyl (C=O) groups is 2. The van der Waals surface area contributed by atoms with Crippen molar-refractivity contribution < 1.29 is 14.3 Å². The molecule has 0 atom stereocenters. The summed E-state index contributed by atoms with van der Waals surface area (Å²) in [6.07, 6.45) is 1.79. The normalized spacial score (nSPS) is 10.7. The fraction of sp³-hybridized carbons (Fsp3) is 0.120. The number of aryl methyl sites for hydroxylation is 1. The quantitative estimate of drug-likeness (QED) is 0.386. The number of pyridine rings is 1. The molecule has 1 amide bonds. The summed E-state index contributed by atoms with van der Waals surface area (Å²) in [6, 6.07) is 22.8. The van der Waals surface area contributed by atoms with Gasteiger partial charge in [0, 0.05) is 23.8 Å². The van der Waals surface area contributed by atoms with E-state index >= 15 is 0 Å². The Morgan fingerprint density at radius 2 is 1.70 bits per heavy atom. The Morgan fingerprint density at radius 1 is 0.967 bits per heavy atom. The van der Waals surface area contributed by atoms with E-state index in [4.69, 9.17) is 4.74 Å². The van der Waals surface area contributed by atoms with Gasteiger partial charge in [-0.2, -0.15) is 0 Å². The van der Waals surface area contributed by atoms with E-state index in [9.17, 15) is 9.59 Å². The van der Waals surface area contributed by atoms with E-state index in [0.29, 0.717) is 17.8 Å². The minimum atomic E-state index is -0.630. The molecular weight excluding hydrogens is 376 g/mol. The summed E-state index contributed by atoms with van der Waals surface area (Å²) in [6.45, 7) is 2.30. The van der Waals surface area contributed by atoms with Gasteiger partial charge in [-0.05, 0) is 48.4 Å². The van der Waals surface area contributed by atoms with Crippen LogP contribution in [0.3, 0.4) is 0 Å². The van der Waals surface area contributed by atoms with Crippen LogP contribution in [0.25, 0.3) is 16.6 Å². The highest BCUT2D eigenvalue weighted by Gasteiger charge is 2.24. The summed E-state index contributed by atoms with van der Waals surface area (Å²) in [7, 11) is 1.61. The van der Waals surface area contributed by atoms with E-state index < -0.39 is 11.7 Å². The minimum Gasteiger partial charge on any atom is -0.497 e. The molecule has 0 spiro atoms. The Morgan fingerprint density at radius 3 is 2.40 bits per heavy atom. The number of nitrogens with zero attached hydrogens (tertiary/aromatic N) is 1. The number of carbonyl (C=O) groups excluding carboxylic acids is 2. The van der Waals surface area contributed by atoms with Crippen LogP contribution in [0.4, 0.5) is 0 Å². The van der Waals surface area contributed by atoms with Gasteiger partial charge in [-0.25, -0.2) is 0 Å². The van der Waals surface area contributed by atoms with Crippen LogP contribution in [0.2, 0.25) is 0 Å². The SMILES string of the molecule is COc1ccc(-c2cc3ccccn3c2C(=O)C(=O)NCc2ccc(C)cc2)cc1. The van der Waals surface area contributed by atoms with Crippen molar-refractivity contribution in [1.82, 2.24) is 9.72 Å². The first kappa shape index (κ1) is 19.5. The van der Waals surface area contributed by atoms with Gasteiger partial charge in [0.2, 0.25) is 0 Å². The fourth-order valence-electron chi connectivity index (χ4n) is 3.42. The molecule has 0 saturated carbocycles. The van der Waals surface area contributed by atoms with Gasteiger partial charge in [0.25, 0.3) is 11.7 Å². The summed E-state index contributed by atoms with van der Waals surface area (Å²) in [4.78, 5) is 25.9. The van der Waals surface area contributed by atoms with E-state index in [1.54, 1.807) is 17.7 Å². The summed E-state index contributed by atoms with van der Waals surface area (Å²) in [5, 5.41) is 2.75. The molecular formula is C25H22N2O3. The zero-order valence-corrected chi connectivity index (χ0v) is 16.9. The molecule has 1 N–H and O–H groups in total. The van der Waals surface area contributed by atoms with E-state index in [1.165, 1.54) is 0 Å². The van der Waals surface area contributed by atoms with Gasteiger partial charge in [0.15, 0.2) is 0 Å². The number of hydrogen-bond acceptors (Lipinski definition) is 3. The molecule has 30 heavy (non-hydrogen) atoms. The van der Waals surface area contributed by atoms with Gasteiger partial charge in [0.1, 0.15) is 11.4 Å². The second-order valence-corrected chi connectivity index (χ2v) is 7.13. The highest BCUT2D eigenvalue weighted by molar-refractivity contribution is 6.43. The fourth-order valence-corrected chi connectivity index (χ4v) is 3.42. The predicted octanol–water partition coefficient (Wildman–Crippen LogP) is 4.42. The molecule has 5 nitrogen and oxygen atoms in total. The molecule has 4 aromatic rings. The average Bonchev–Trinajstić information content (AvgIpc) is 3.17. The molecule has 0 fully saturated rings. The number of Topliss-reactive ketones (excluding diaryl/α,β-unsaturated/α-hetero) is 1. The first-order chi connectivity index (χ1) is 14.6. The standard InChI is InChI=1S/C25H22N2O3/c1-17-6-8-18(9-7-17)16-26-25(29)24(28)23-22(15-20-5-3-4-14-27(20)23)19-10-12-21(30-2)13-11-19/h3-15H,16H2,1-2H3,(H,26,29). The third kappa shape index (κ3) is 3.82. The Balaban J connectivity index is 1.66. The van der Waals surface area contributed by atoms with Crippen LogP contribution in [0.15, 0.2) is 79.0 Å². The molecule has 0 unspecified atom stereocenters. The number of amides is 1. The summed E-state index contributed by atoms with van der Waals surface area (Å²) in [5.41, 5.74) is 4.82. The number of ether oxygens (including phenoxy) is 1. The molecule has 0 aliphatic rings. The molecule has 0 aliphatic carbocycles. The molecule has 5 heteroatoms. The summed E-state index contributed by atoms with van der Waals surface area (Å²) < 4.78 is 6.98. The molecule has 0 aliphatic heterocycles.